The molecule has 1 heterocycles. The molecule has 4 nitrogen and oxygen atoms in total. The van der Waals surface area contributed by atoms with Crippen molar-refractivity contribution in [2.45, 2.75) is 19.3 Å². The third kappa shape index (κ3) is 5.44. The summed E-state index contributed by atoms with van der Waals surface area (Å²) in [7, 11) is 0. The van der Waals surface area contributed by atoms with Crippen molar-refractivity contribution in [2.24, 2.45) is 0 Å². The number of anilines is 1. The van der Waals surface area contributed by atoms with Gasteiger partial charge in [-0.2, -0.15) is 9.97 Å². The lowest BCUT2D eigenvalue weighted by atomic mass is 10.1. The highest BCUT2D eigenvalue weighted by atomic mass is 35.5. The van der Waals surface area contributed by atoms with E-state index in [1.165, 1.54) is 6.07 Å². The second-order valence-electron chi connectivity index (χ2n) is 4.44. The highest BCUT2D eigenvalue weighted by molar-refractivity contribution is 6.28. The molecule has 0 bridgehead atoms. The average Bonchev–Trinajstić information content (AvgIpc) is 2.43. The maximum atomic E-state index is 13.0. The maximum absolute atomic E-state index is 13.0. The SMILES string of the molecule is Fc1cccc(CCCNc2nc(Cl)nc(CCCl)n2)c1. The van der Waals surface area contributed by atoms with Gasteiger partial charge in [-0.15, -0.1) is 11.6 Å². The normalized spacial score (nSPS) is 10.6. The Hall–Kier alpha value is -1.46. The monoisotopic (exact) mass is 328 g/mol. The Morgan fingerprint density at radius 2 is 2.00 bits per heavy atom. The molecule has 0 aliphatic heterocycles. The fourth-order valence-corrected chi connectivity index (χ4v) is 2.20. The van der Waals surface area contributed by atoms with Crippen LogP contribution < -0.4 is 5.32 Å². The van der Waals surface area contributed by atoms with Gasteiger partial charge in [-0.3, -0.25) is 0 Å². The van der Waals surface area contributed by atoms with Crippen LogP contribution >= 0.6 is 23.2 Å². The summed E-state index contributed by atoms with van der Waals surface area (Å²) in [5.41, 5.74) is 0.966. The van der Waals surface area contributed by atoms with Crippen LogP contribution in [0.5, 0.6) is 0 Å². The Morgan fingerprint density at radius 1 is 1.14 bits per heavy atom. The predicted octanol–water partition coefficient (Wildman–Crippen LogP) is 3.49. The van der Waals surface area contributed by atoms with Gasteiger partial charge in [-0.1, -0.05) is 12.1 Å². The summed E-state index contributed by atoms with van der Waals surface area (Å²) in [4.78, 5) is 12.2. The number of hydrogen-bond acceptors (Lipinski definition) is 4. The Bertz CT molecular complexity index is 595. The molecular formula is C14H15Cl2FN4. The van der Waals surface area contributed by atoms with Gasteiger partial charge in [0.15, 0.2) is 0 Å². The molecule has 0 saturated heterocycles. The zero-order valence-corrected chi connectivity index (χ0v) is 12.8. The smallest absolute Gasteiger partial charge is 0.227 e. The number of benzene rings is 1. The van der Waals surface area contributed by atoms with Gasteiger partial charge in [0.1, 0.15) is 11.6 Å². The van der Waals surface area contributed by atoms with Crippen molar-refractivity contribution in [2.75, 3.05) is 17.7 Å². The summed E-state index contributed by atoms with van der Waals surface area (Å²) >= 11 is 11.5. The van der Waals surface area contributed by atoms with Gasteiger partial charge >= 0.3 is 0 Å². The van der Waals surface area contributed by atoms with Crippen LogP contribution in [0.15, 0.2) is 24.3 Å². The van der Waals surface area contributed by atoms with E-state index in [9.17, 15) is 4.39 Å². The topological polar surface area (TPSA) is 50.7 Å². The minimum absolute atomic E-state index is 0.151. The lowest BCUT2D eigenvalue weighted by molar-refractivity contribution is 0.624. The van der Waals surface area contributed by atoms with E-state index in [1.807, 2.05) is 6.07 Å². The molecule has 0 amide bonds. The van der Waals surface area contributed by atoms with Crippen LogP contribution in [0.1, 0.15) is 17.8 Å². The van der Waals surface area contributed by atoms with Gasteiger partial charge in [0.05, 0.1) is 0 Å². The van der Waals surface area contributed by atoms with E-state index in [2.05, 4.69) is 20.3 Å². The van der Waals surface area contributed by atoms with Gasteiger partial charge in [-0.05, 0) is 42.1 Å². The molecule has 1 aromatic carbocycles. The number of nitrogens with zero attached hydrogens (tertiary/aromatic N) is 3. The molecule has 0 saturated carbocycles. The fraction of sp³-hybridized carbons (Fsp3) is 0.357. The summed E-state index contributed by atoms with van der Waals surface area (Å²) in [6.07, 6.45) is 2.15. The maximum Gasteiger partial charge on any atom is 0.227 e. The lowest BCUT2D eigenvalue weighted by Gasteiger charge is -2.06. The lowest BCUT2D eigenvalue weighted by Crippen LogP contribution is -2.09. The number of aryl methyl sites for hydroxylation is 2. The number of halogens is 3. The molecule has 0 spiro atoms. The van der Waals surface area contributed by atoms with Crippen molar-refractivity contribution < 1.29 is 4.39 Å². The van der Waals surface area contributed by atoms with Crippen LogP contribution in [-0.2, 0) is 12.8 Å². The van der Waals surface area contributed by atoms with Crippen molar-refractivity contribution >= 4 is 29.2 Å². The Labute approximate surface area is 132 Å². The van der Waals surface area contributed by atoms with E-state index >= 15 is 0 Å². The van der Waals surface area contributed by atoms with E-state index in [4.69, 9.17) is 23.2 Å². The van der Waals surface area contributed by atoms with Crippen LogP contribution in [0.25, 0.3) is 0 Å². The third-order valence-corrected chi connectivity index (χ3v) is 3.14. The molecule has 2 aromatic rings. The van der Waals surface area contributed by atoms with E-state index in [1.54, 1.807) is 12.1 Å². The molecule has 0 aliphatic rings. The van der Waals surface area contributed by atoms with Crippen LogP contribution in [0.3, 0.4) is 0 Å². The molecule has 112 valence electrons. The highest BCUT2D eigenvalue weighted by Gasteiger charge is 2.04. The Kier molecular flexibility index (Phi) is 6.14. The van der Waals surface area contributed by atoms with Crippen LogP contribution in [-0.4, -0.2) is 27.4 Å². The number of aromatic nitrogens is 3. The zero-order valence-electron chi connectivity index (χ0n) is 11.3. The van der Waals surface area contributed by atoms with Gasteiger partial charge in [0.2, 0.25) is 11.2 Å². The minimum Gasteiger partial charge on any atom is -0.354 e. The van der Waals surface area contributed by atoms with Crippen LogP contribution in [0.2, 0.25) is 5.28 Å². The third-order valence-electron chi connectivity index (χ3n) is 2.79. The fourth-order valence-electron chi connectivity index (χ4n) is 1.85. The largest absolute Gasteiger partial charge is 0.354 e. The second-order valence-corrected chi connectivity index (χ2v) is 5.16. The summed E-state index contributed by atoms with van der Waals surface area (Å²) in [6, 6.07) is 6.59. The number of rotatable bonds is 7. The molecule has 2 rings (SSSR count). The van der Waals surface area contributed by atoms with Gasteiger partial charge in [0, 0.05) is 18.8 Å². The van der Waals surface area contributed by atoms with E-state index in [-0.39, 0.29) is 11.1 Å². The van der Waals surface area contributed by atoms with Crippen molar-refractivity contribution in [1.82, 2.24) is 15.0 Å². The Balaban J connectivity index is 1.83. The molecule has 21 heavy (non-hydrogen) atoms. The number of hydrogen-bond donors (Lipinski definition) is 1. The summed E-state index contributed by atoms with van der Waals surface area (Å²) in [5.74, 6) is 1.22. The predicted molar refractivity (Wildman–Crippen MR) is 82.5 cm³/mol. The first-order valence-corrected chi connectivity index (χ1v) is 7.53. The summed E-state index contributed by atoms with van der Waals surface area (Å²) in [6.45, 7) is 0.664. The first-order valence-electron chi connectivity index (χ1n) is 6.62. The quantitative estimate of drug-likeness (QED) is 0.624. The van der Waals surface area contributed by atoms with E-state index in [0.29, 0.717) is 30.6 Å². The summed E-state index contributed by atoms with van der Waals surface area (Å²) < 4.78 is 13.0. The molecule has 0 aliphatic carbocycles. The van der Waals surface area contributed by atoms with E-state index < -0.39 is 0 Å². The number of alkyl halides is 1. The minimum atomic E-state index is -0.213. The first-order chi connectivity index (χ1) is 10.2. The molecule has 0 radical (unpaired) electrons. The van der Waals surface area contributed by atoms with Crippen molar-refractivity contribution in [1.29, 1.82) is 0 Å². The molecule has 0 unspecified atom stereocenters. The van der Waals surface area contributed by atoms with Crippen LogP contribution in [0.4, 0.5) is 10.3 Å². The van der Waals surface area contributed by atoms with E-state index in [0.717, 1.165) is 18.4 Å². The zero-order chi connectivity index (χ0) is 15.1. The number of nitrogens with one attached hydrogen (secondary N) is 1. The molecule has 0 atom stereocenters. The average molecular weight is 329 g/mol. The molecule has 0 fully saturated rings. The second kappa shape index (κ2) is 8.10. The molecule has 7 heteroatoms. The Morgan fingerprint density at radius 3 is 2.76 bits per heavy atom. The van der Waals surface area contributed by atoms with Crippen molar-refractivity contribution in [3.8, 4) is 0 Å². The van der Waals surface area contributed by atoms with Gasteiger partial charge < -0.3 is 5.32 Å². The molecule has 1 aromatic heterocycles. The summed E-state index contributed by atoms with van der Waals surface area (Å²) in [5, 5.41) is 3.24. The molecular weight excluding hydrogens is 314 g/mol. The highest BCUT2D eigenvalue weighted by Crippen LogP contribution is 2.09. The van der Waals surface area contributed by atoms with Crippen molar-refractivity contribution in [3.05, 3.63) is 46.8 Å². The van der Waals surface area contributed by atoms with Crippen LogP contribution in [0, 0.1) is 5.82 Å². The van der Waals surface area contributed by atoms with Gasteiger partial charge in [-0.25, -0.2) is 9.37 Å². The first kappa shape index (κ1) is 15.9. The van der Waals surface area contributed by atoms with Crippen molar-refractivity contribution in [3.63, 3.8) is 0 Å². The van der Waals surface area contributed by atoms with Gasteiger partial charge in [0.25, 0.3) is 0 Å². The molecule has 1 N–H and O–H groups in total. The standard InChI is InChI=1S/C14H15Cl2FN4/c15-7-6-12-19-13(16)21-14(20-12)18-8-2-4-10-3-1-5-11(17)9-10/h1,3,5,9H,2,4,6-8H2,(H,18,19,20,21).